The van der Waals surface area contributed by atoms with Crippen molar-refractivity contribution in [3.8, 4) is 11.3 Å². The molecular formula is C22H22BrN3OS. The Balaban J connectivity index is 1.70. The van der Waals surface area contributed by atoms with Crippen molar-refractivity contribution >= 4 is 33.5 Å². The van der Waals surface area contributed by atoms with Gasteiger partial charge in [0.15, 0.2) is 0 Å². The molecular weight excluding hydrogens is 434 g/mol. The summed E-state index contributed by atoms with van der Waals surface area (Å²) in [6, 6.07) is 16.6. The van der Waals surface area contributed by atoms with Gasteiger partial charge in [0.1, 0.15) is 0 Å². The molecule has 1 aromatic heterocycles. The average molecular weight is 456 g/mol. The molecule has 0 saturated carbocycles. The first-order valence-corrected chi connectivity index (χ1v) is 11.1. The Hall–Kier alpha value is -2.02. The number of rotatable bonds is 5. The van der Waals surface area contributed by atoms with E-state index in [1.54, 1.807) is 11.3 Å². The first kappa shape index (κ1) is 19.3. The van der Waals surface area contributed by atoms with E-state index in [1.165, 1.54) is 5.56 Å². The molecule has 4 rings (SSSR count). The van der Waals surface area contributed by atoms with Gasteiger partial charge in [-0.05, 0) is 37.5 Å². The minimum Gasteiger partial charge on any atom is -0.376 e. The van der Waals surface area contributed by atoms with Crippen molar-refractivity contribution in [3.63, 3.8) is 0 Å². The molecule has 2 aromatic carbocycles. The molecule has 2 heterocycles. The molecule has 3 aromatic rings. The van der Waals surface area contributed by atoms with Gasteiger partial charge in [0.05, 0.1) is 24.6 Å². The lowest BCUT2D eigenvalue weighted by Gasteiger charge is -2.06. The minimum absolute atomic E-state index is 0.229. The number of hydrogen-bond acceptors (Lipinski definition) is 4. The van der Waals surface area contributed by atoms with Crippen LogP contribution in [0.5, 0.6) is 0 Å². The third kappa shape index (κ3) is 4.69. The van der Waals surface area contributed by atoms with E-state index in [-0.39, 0.29) is 6.10 Å². The highest BCUT2D eigenvalue weighted by Crippen LogP contribution is 2.22. The van der Waals surface area contributed by atoms with Crippen LogP contribution >= 0.6 is 27.3 Å². The van der Waals surface area contributed by atoms with Crippen molar-refractivity contribution in [1.29, 1.82) is 0 Å². The van der Waals surface area contributed by atoms with Crippen LogP contribution in [-0.4, -0.2) is 30.1 Å². The number of thiazole rings is 1. The van der Waals surface area contributed by atoms with E-state index in [0.717, 1.165) is 45.5 Å². The van der Waals surface area contributed by atoms with E-state index in [1.807, 2.05) is 23.0 Å². The van der Waals surface area contributed by atoms with Gasteiger partial charge in [0, 0.05) is 22.0 Å². The van der Waals surface area contributed by atoms with Gasteiger partial charge in [0.2, 0.25) is 4.80 Å². The quantitative estimate of drug-likeness (QED) is 0.484. The Kier molecular flexibility index (Phi) is 6.20. The molecule has 0 aliphatic carbocycles. The van der Waals surface area contributed by atoms with Gasteiger partial charge in [-0.2, -0.15) is 5.10 Å². The summed E-state index contributed by atoms with van der Waals surface area (Å²) in [7, 11) is 0. The number of benzene rings is 2. The maximum absolute atomic E-state index is 5.72. The molecule has 0 radical (unpaired) electrons. The summed E-state index contributed by atoms with van der Waals surface area (Å²) >= 11 is 5.12. The smallest absolute Gasteiger partial charge is 0.206 e. The maximum Gasteiger partial charge on any atom is 0.206 e. The van der Waals surface area contributed by atoms with Crippen LogP contribution < -0.4 is 4.80 Å². The summed E-state index contributed by atoms with van der Waals surface area (Å²) < 4.78 is 8.71. The van der Waals surface area contributed by atoms with E-state index in [2.05, 4.69) is 64.6 Å². The average Bonchev–Trinajstić information content (AvgIpc) is 3.36. The van der Waals surface area contributed by atoms with E-state index < -0.39 is 0 Å². The zero-order valence-electron chi connectivity index (χ0n) is 15.7. The number of nitrogens with zero attached hydrogens (tertiary/aromatic N) is 3. The second kappa shape index (κ2) is 8.99. The summed E-state index contributed by atoms with van der Waals surface area (Å²) in [5, 5.41) is 6.88. The van der Waals surface area contributed by atoms with Crippen LogP contribution in [0, 0.1) is 6.92 Å². The summed E-state index contributed by atoms with van der Waals surface area (Å²) in [6.07, 6.45) is 4.33. The summed E-state index contributed by atoms with van der Waals surface area (Å²) in [6.45, 7) is 3.61. The summed E-state index contributed by atoms with van der Waals surface area (Å²) in [5.41, 5.74) is 4.45. The Morgan fingerprint density at radius 1 is 1.18 bits per heavy atom. The summed E-state index contributed by atoms with van der Waals surface area (Å²) in [5.74, 6) is 0. The van der Waals surface area contributed by atoms with Gasteiger partial charge in [-0.15, -0.1) is 11.3 Å². The van der Waals surface area contributed by atoms with Gasteiger partial charge >= 0.3 is 0 Å². The second-order valence-corrected chi connectivity index (χ2v) is 8.61. The molecule has 1 aliphatic heterocycles. The SMILES string of the molecule is Cc1ccc(C=Nn2c(-c3ccc(Br)cc3)csc2=NCC2CCCO2)cc1. The molecule has 1 atom stereocenters. The first-order valence-electron chi connectivity index (χ1n) is 9.39. The van der Waals surface area contributed by atoms with Crippen LogP contribution in [-0.2, 0) is 4.74 Å². The lowest BCUT2D eigenvalue weighted by atomic mass is 10.2. The summed E-state index contributed by atoms with van der Waals surface area (Å²) in [4.78, 5) is 5.70. The zero-order valence-corrected chi connectivity index (χ0v) is 18.1. The normalized spacial score (nSPS) is 17.6. The fourth-order valence-corrected chi connectivity index (χ4v) is 4.20. The predicted molar refractivity (Wildman–Crippen MR) is 119 cm³/mol. The van der Waals surface area contributed by atoms with E-state index in [0.29, 0.717) is 6.54 Å². The largest absolute Gasteiger partial charge is 0.376 e. The van der Waals surface area contributed by atoms with Crippen molar-refractivity contribution in [3.05, 3.63) is 74.3 Å². The van der Waals surface area contributed by atoms with Crippen molar-refractivity contribution in [1.82, 2.24) is 4.68 Å². The molecule has 4 nitrogen and oxygen atoms in total. The molecule has 0 amide bonds. The van der Waals surface area contributed by atoms with E-state index >= 15 is 0 Å². The van der Waals surface area contributed by atoms with Crippen LogP contribution in [0.4, 0.5) is 0 Å². The molecule has 0 bridgehead atoms. The van der Waals surface area contributed by atoms with Gasteiger partial charge in [-0.25, -0.2) is 4.68 Å². The minimum atomic E-state index is 0.229. The Labute approximate surface area is 177 Å². The first-order chi connectivity index (χ1) is 13.7. The molecule has 144 valence electrons. The van der Waals surface area contributed by atoms with Crippen molar-refractivity contribution in [2.45, 2.75) is 25.9 Å². The topological polar surface area (TPSA) is 38.9 Å². The third-order valence-corrected chi connectivity index (χ3v) is 6.06. The molecule has 1 fully saturated rings. The molecule has 0 N–H and O–H groups in total. The Morgan fingerprint density at radius 3 is 2.68 bits per heavy atom. The maximum atomic E-state index is 5.72. The van der Waals surface area contributed by atoms with Crippen molar-refractivity contribution < 1.29 is 4.74 Å². The number of aromatic nitrogens is 1. The van der Waals surface area contributed by atoms with Gasteiger partial charge in [-0.1, -0.05) is 57.9 Å². The molecule has 1 aliphatic rings. The predicted octanol–water partition coefficient (Wildman–Crippen LogP) is 5.25. The zero-order chi connectivity index (χ0) is 19.3. The van der Waals surface area contributed by atoms with Gasteiger partial charge < -0.3 is 4.74 Å². The monoisotopic (exact) mass is 455 g/mol. The van der Waals surface area contributed by atoms with Crippen LogP contribution in [0.15, 0.2) is 68.5 Å². The Bertz CT molecular complexity index is 1010. The lowest BCUT2D eigenvalue weighted by Crippen LogP contribution is -2.17. The second-order valence-electron chi connectivity index (χ2n) is 6.85. The molecule has 6 heteroatoms. The van der Waals surface area contributed by atoms with Crippen LogP contribution in [0.1, 0.15) is 24.0 Å². The fourth-order valence-electron chi connectivity index (χ4n) is 3.08. The molecule has 1 saturated heterocycles. The highest BCUT2D eigenvalue weighted by atomic mass is 79.9. The van der Waals surface area contributed by atoms with Crippen molar-refractivity contribution in [2.24, 2.45) is 10.1 Å². The van der Waals surface area contributed by atoms with E-state index in [9.17, 15) is 0 Å². The third-order valence-electron chi connectivity index (χ3n) is 4.68. The van der Waals surface area contributed by atoms with Gasteiger partial charge in [0.25, 0.3) is 0 Å². The molecule has 28 heavy (non-hydrogen) atoms. The number of halogens is 1. The standard InChI is InChI=1S/C22H22BrN3OS/c1-16-4-6-17(7-5-16)13-25-26-21(18-8-10-19(23)11-9-18)15-28-22(26)24-14-20-3-2-12-27-20/h4-11,13,15,20H,2-3,12,14H2,1H3. The Morgan fingerprint density at radius 2 is 1.96 bits per heavy atom. The molecule has 1 unspecified atom stereocenters. The van der Waals surface area contributed by atoms with Crippen molar-refractivity contribution in [2.75, 3.05) is 13.2 Å². The van der Waals surface area contributed by atoms with Crippen LogP contribution in [0.2, 0.25) is 0 Å². The molecule has 0 spiro atoms. The fraction of sp³-hybridized carbons (Fsp3) is 0.273. The van der Waals surface area contributed by atoms with Crippen LogP contribution in [0.3, 0.4) is 0 Å². The highest BCUT2D eigenvalue weighted by molar-refractivity contribution is 9.10. The number of aryl methyl sites for hydroxylation is 1. The van der Waals surface area contributed by atoms with E-state index in [4.69, 9.17) is 14.8 Å². The highest BCUT2D eigenvalue weighted by Gasteiger charge is 2.15. The lowest BCUT2D eigenvalue weighted by molar-refractivity contribution is 0.117. The van der Waals surface area contributed by atoms with Crippen LogP contribution in [0.25, 0.3) is 11.3 Å². The van der Waals surface area contributed by atoms with Gasteiger partial charge in [-0.3, -0.25) is 4.99 Å². The number of hydrogen-bond donors (Lipinski definition) is 0. The number of ether oxygens (including phenoxy) is 1.